The first kappa shape index (κ1) is 12.9. The minimum atomic E-state index is -0.749. The van der Waals surface area contributed by atoms with Gasteiger partial charge in [-0.15, -0.1) is 0 Å². The molecule has 0 aliphatic carbocycles. The summed E-state index contributed by atoms with van der Waals surface area (Å²) in [4.78, 5) is 12.5. The number of ketones is 1. The van der Waals surface area contributed by atoms with E-state index in [1.807, 2.05) is 24.3 Å². The Kier molecular flexibility index (Phi) is 3.97. The Morgan fingerprint density at radius 2 is 1.53 bits per heavy atom. The van der Waals surface area contributed by atoms with Crippen molar-refractivity contribution in [1.29, 1.82) is 0 Å². The minimum absolute atomic E-state index is 0.153. The number of rotatable bonds is 4. The highest BCUT2D eigenvalue weighted by Gasteiger charge is 2.25. The molecule has 0 heterocycles. The summed E-state index contributed by atoms with van der Waals surface area (Å²) < 4.78 is 0. The van der Waals surface area contributed by atoms with Gasteiger partial charge in [-0.1, -0.05) is 73.0 Å². The van der Waals surface area contributed by atoms with Crippen molar-refractivity contribution in [3.05, 3.63) is 89.9 Å². The molecule has 0 fully saturated rings. The van der Waals surface area contributed by atoms with Crippen LogP contribution in [-0.2, 0) is 0 Å². The van der Waals surface area contributed by atoms with Crippen LogP contribution in [0.5, 0.6) is 0 Å². The summed E-state index contributed by atoms with van der Waals surface area (Å²) in [5, 5.41) is 9.93. The number of carbonyl (C=O) groups excluding carboxylic acids is 1. The lowest BCUT2D eigenvalue weighted by Crippen LogP contribution is -2.15. The molecule has 19 heavy (non-hydrogen) atoms. The number of Topliss-reactive ketones (excluding diaryl/α,β-unsaturated/α-hetero) is 1. The van der Waals surface area contributed by atoms with E-state index in [0.29, 0.717) is 5.56 Å². The molecule has 1 unspecified atom stereocenters. The van der Waals surface area contributed by atoms with Crippen molar-refractivity contribution >= 4 is 5.78 Å². The highest BCUT2D eigenvalue weighted by Crippen LogP contribution is 2.26. The number of carbonyl (C=O) groups is 1. The molecule has 2 heteroatoms. The lowest BCUT2D eigenvalue weighted by Gasteiger charge is -2.14. The monoisotopic (exact) mass is 250 g/mol. The van der Waals surface area contributed by atoms with Crippen LogP contribution in [0.4, 0.5) is 0 Å². The van der Waals surface area contributed by atoms with E-state index in [4.69, 9.17) is 0 Å². The van der Waals surface area contributed by atoms with Crippen LogP contribution < -0.4 is 0 Å². The van der Waals surface area contributed by atoms with Gasteiger partial charge in [-0.2, -0.15) is 0 Å². The van der Waals surface area contributed by atoms with Gasteiger partial charge in [0.2, 0.25) is 0 Å². The highest BCUT2D eigenvalue weighted by atomic mass is 16.3. The van der Waals surface area contributed by atoms with Crippen LogP contribution >= 0.6 is 0 Å². The Balaban J connectivity index is 2.46. The average Bonchev–Trinajstić information content (AvgIpc) is 2.49. The van der Waals surface area contributed by atoms with Gasteiger partial charge in [-0.3, -0.25) is 4.79 Å². The third-order valence-corrected chi connectivity index (χ3v) is 2.91. The number of hydrogen-bond acceptors (Lipinski definition) is 2. The maximum atomic E-state index is 12.5. The first-order valence-electron chi connectivity index (χ1n) is 5.97. The third kappa shape index (κ3) is 2.82. The zero-order chi connectivity index (χ0) is 13.7. The second kappa shape index (κ2) is 5.85. The predicted octanol–water partition coefficient (Wildman–Crippen LogP) is 3.88. The Labute approximate surface area is 112 Å². The van der Waals surface area contributed by atoms with Crippen LogP contribution in [-0.4, -0.2) is 10.9 Å². The van der Waals surface area contributed by atoms with Gasteiger partial charge in [-0.25, -0.2) is 0 Å². The zero-order valence-electron chi connectivity index (χ0n) is 10.4. The Bertz CT molecular complexity index is 608. The first-order valence-corrected chi connectivity index (χ1v) is 5.97. The quantitative estimate of drug-likeness (QED) is 0.508. The van der Waals surface area contributed by atoms with Gasteiger partial charge in [0.15, 0.2) is 5.78 Å². The molecule has 2 nitrogen and oxygen atoms in total. The van der Waals surface area contributed by atoms with Gasteiger partial charge >= 0.3 is 0 Å². The van der Waals surface area contributed by atoms with Crippen LogP contribution in [0.1, 0.15) is 21.8 Å². The Morgan fingerprint density at radius 1 is 1.00 bits per heavy atom. The zero-order valence-corrected chi connectivity index (χ0v) is 10.4. The molecule has 1 N–H and O–H groups in total. The van der Waals surface area contributed by atoms with Crippen LogP contribution in [0.25, 0.3) is 0 Å². The van der Waals surface area contributed by atoms with E-state index in [-0.39, 0.29) is 11.5 Å². The summed E-state index contributed by atoms with van der Waals surface area (Å²) in [5.74, 6) is -1.07. The summed E-state index contributed by atoms with van der Waals surface area (Å²) in [6.07, 6.45) is 0. The second-order valence-corrected chi connectivity index (χ2v) is 4.14. The summed E-state index contributed by atoms with van der Waals surface area (Å²) in [6.45, 7) is 3.42. The van der Waals surface area contributed by atoms with Gasteiger partial charge in [0.1, 0.15) is 11.7 Å². The first-order chi connectivity index (χ1) is 9.24. The third-order valence-electron chi connectivity index (χ3n) is 2.91. The van der Waals surface area contributed by atoms with Crippen molar-refractivity contribution in [3.8, 4) is 0 Å². The molecule has 0 saturated heterocycles. The minimum Gasteiger partial charge on any atom is -0.503 e. The second-order valence-electron chi connectivity index (χ2n) is 4.14. The van der Waals surface area contributed by atoms with Crippen molar-refractivity contribution in [2.75, 3.05) is 0 Å². The summed E-state index contributed by atoms with van der Waals surface area (Å²) in [6, 6.07) is 18.0. The number of allylic oxidation sites excluding steroid dienone is 1. The molecule has 1 atom stereocenters. The van der Waals surface area contributed by atoms with E-state index >= 15 is 0 Å². The number of aliphatic hydroxyl groups excluding tert-OH is 1. The Morgan fingerprint density at radius 3 is 2.05 bits per heavy atom. The fourth-order valence-electron chi connectivity index (χ4n) is 1.95. The number of hydrogen-bond donors (Lipinski definition) is 1. The van der Waals surface area contributed by atoms with E-state index in [2.05, 4.69) is 12.3 Å². The van der Waals surface area contributed by atoms with Gasteiger partial charge in [0, 0.05) is 5.56 Å². The molecular formula is C17H14O2. The molecule has 94 valence electrons. The molecule has 0 saturated carbocycles. The van der Waals surface area contributed by atoms with E-state index in [9.17, 15) is 9.90 Å². The van der Waals surface area contributed by atoms with Gasteiger partial charge in [0.25, 0.3) is 0 Å². The van der Waals surface area contributed by atoms with Crippen LogP contribution in [0.15, 0.2) is 78.7 Å². The van der Waals surface area contributed by atoms with Crippen LogP contribution in [0, 0.1) is 0 Å². The fraction of sp³-hybridized carbons (Fsp3) is 0.0588. The molecule has 0 aliphatic rings. The normalized spacial score (nSPS) is 11.4. The summed E-state index contributed by atoms with van der Waals surface area (Å²) in [5.41, 5.74) is 3.70. The number of benzene rings is 2. The standard InChI is InChI=1S/C17H14O2/c1-2-15(18)16(13-9-5-3-6-10-13)17(19)14-11-7-4-8-12-14/h3-12,16,18H,1H2. The molecule has 0 radical (unpaired) electrons. The maximum Gasteiger partial charge on any atom is 0.178 e. The van der Waals surface area contributed by atoms with E-state index in [1.165, 1.54) is 0 Å². The highest BCUT2D eigenvalue weighted by molar-refractivity contribution is 6.02. The summed E-state index contributed by atoms with van der Waals surface area (Å²) in [7, 11) is 0. The molecule has 0 spiro atoms. The predicted molar refractivity (Wildman–Crippen MR) is 75.2 cm³/mol. The van der Waals surface area contributed by atoms with E-state index in [0.717, 1.165) is 5.56 Å². The van der Waals surface area contributed by atoms with Crippen molar-refractivity contribution in [2.24, 2.45) is 0 Å². The Hall–Kier alpha value is -2.57. The molecule has 0 aromatic heterocycles. The van der Waals surface area contributed by atoms with Crippen molar-refractivity contribution in [3.63, 3.8) is 0 Å². The van der Waals surface area contributed by atoms with Gasteiger partial charge in [0.05, 0.1) is 0 Å². The van der Waals surface area contributed by atoms with Gasteiger partial charge in [-0.05, 0) is 5.56 Å². The van der Waals surface area contributed by atoms with E-state index in [1.54, 1.807) is 36.4 Å². The number of aliphatic hydroxyl groups is 1. The van der Waals surface area contributed by atoms with Crippen molar-refractivity contribution in [1.82, 2.24) is 0 Å². The smallest absolute Gasteiger partial charge is 0.178 e. The molecule has 2 aromatic carbocycles. The topological polar surface area (TPSA) is 37.3 Å². The lowest BCUT2D eigenvalue weighted by molar-refractivity contribution is 0.0955. The van der Waals surface area contributed by atoms with Crippen molar-refractivity contribution < 1.29 is 9.90 Å². The fourth-order valence-corrected chi connectivity index (χ4v) is 1.95. The largest absolute Gasteiger partial charge is 0.503 e. The lowest BCUT2D eigenvalue weighted by atomic mass is 9.89. The molecule has 2 rings (SSSR count). The molecular weight excluding hydrogens is 236 g/mol. The SMILES string of the molecule is C=C=C(O)C(C(=O)c1ccccc1)c1ccccc1. The molecule has 0 bridgehead atoms. The molecule has 0 aliphatic heterocycles. The summed E-state index contributed by atoms with van der Waals surface area (Å²) >= 11 is 0. The van der Waals surface area contributed by atoms with Gasteiger partial charge < -0.3 is 5.11 Å². The molecule has 2 aromatic rings. The van der Waals surface area contributed by atoms with Crippen molar-refractivity contribution in [2.45, 2.75) is 5.92 Å². The van der Waals surface area contributed by atoms with Crippen LogP contribution in [0.3, 0.4) is 0 Å². The maximum absolute atomic E-state index is 12.5. The van der Waals surface area contributed by atoms with E-state index < -0.39 is 5.92 Å². The van der Waals surface area contributed by atoms with Crippen LogP contribution in [0.2, 0.25) is 0 Å². The average molecular weight is 250 g/mol. The molecule has 0 amide bonds.